The summed E-state index contributed by atoms with van der Waals surface area (Å²) in [6.45, 7) is 9.41. The van der Waals surface area contributed by atoms with Crippen molar-refractivity contribution in [1.82, 2.24) is 14.6 Å². The second kappa shape index (κ2) is 8.33. The summed E-state index contributed by atoms with van der Waals surface area (Å²) in [5.74, 6) is -0.520. The highest BCUT2D eigenvalue weighted by atomic mass is 32.2. The molecule has 0 bridgehead atoms. The number of sulfonamides is 1. The Morgan fingerprint density at radius 3 is 2.44 bits per heavy atom. The second-order valence-corrected chi connectivity index (χ2v) is 8.22. The van der Waals surface area contributed by atoms with E-state index in [1.807, 2.05) is 6.92 Å². The van der Waals surface area contributed by atoms with E-state index in [2.05, 4.69) is 10.3 Å². The van der Waals surface area contributed by atoms with Crippen molar-refractivity contribution in [3.63, 3.8) is 0 Å². The maximum absolute atomic E-state index is 13.4. The Morgan fingerprint density at radius 1 is 1.24 bits per heavy atom. The van der Waals surface area contributed by atoms with Crippen molar-refractivity contribution in [2.75, 3.05) is 26.2 Å². The third-order valence-corrected chi connectivity index (χ3v) is 6.80. The van der Waals surface area contributed by atoms with Crippen LogP contribution in [0.3, 0.4) is 0 Å². The number of hydrogen-bond donors (Lipinski definition) is 2. The van der Waals surface area contributed by atoms with Gasteiger partial charge in [-0.15, -0.1) is 0 Å². The Bertz CT molecular complexity index is 706. The first kappa shape index (κ1) is 19.9. The van der Waals surface area contributed by atoms with Crippen LogP contribution in [-0.2, 0) is 14.8 Å². The van der Waals surface area contributed by atoms with Gasteiger partial charge in [0.1, 0.15) is 10.6 Å². The zero-order valence-electron chi connectivity index (χ0n) is 15.5. The third kappa shape index (κ3) is 4.07. The molecule has 7 nitrogen and oxygen atoms in total. The second-order valence-electron chi connectivity index (χ2n) is 6.40. The van der Waals surface area contributed by atoms with Crippen LogP contribution >= 0.6 is 0 Å². The maximum Gasteiger partial charge on any atom is 0.355 e. The largest absolute Gasteiger partial charge is 0.461 e. The van der Waals surface area contributed by atoms with Crippen LogP contribution in [0.5, 0.6) is 0 Å². The van der Waals surface area contributed by atoms with Gasteiger partial charge in [0.15, 0.2) is 0 Å². The first-order valence-electron chi connectivity index (χ1n) is 8.93. The SMILES string of the molecule is CCCN(C1CCNCC1)S(=O)(=O)c1c(C)[nH]c(C(=O)OCC)c1C. The van der Waals surface area contributed by atoms with Crippen LogP contribution in [0.15, 0.2) is 4.90 Å². The lowest BCUT2D eigenvalue weighted by Gasteiger charge is -2.33. The van der Waals surface area contributed by atoms with Gasteiger partial charge >= 0.3 is 5.97 Å². The molecule has 2 heterocycles. The summed E-state index contributed by atoms with van der Waals surface area (Å²) in [6.07, 6.45) is 2.34. The summed E-state index contributed by atoms with van der Waals surface area (Å²) >= 11 is 0. The molecule has 2 rings (SSSR count). The first-order valence-corrected chi connectivity index (χ1v) is 10.4. The van der Waals surface area contributed by atoms with Gasteiger partial charge < -0.3 is 15.0 Å². The van der Waals surface area contributed by atoms with Gasteiger partial charge in [-0.25, -0.2) is 13.2 Å². The van der Waals surface area contributed by atoms with Crippen molar-refractivity contribution in [1.29, 1.82) is 0 Å². The summed E-state index contributed by atoms with van der Waals surface area (Å²) in [6, 6.07) is -0.00839. The molecule has 0 spiro atoms. The van der Waals surface area contributed by atoms with Crippen molar-refractivity contribution < 1.29 is 17.9 Å². The minimum absolute atomic E-state index is 0.00839. The van der Waals surface area contributed by atoms with E-state index in [9.17, 15) is 13.2 Å². The van der Waals surface area contributed by atoms with E-state index in [-0.39, 0.29) is 23.2 Å². The molecule has 2 N–H and O–H groups in total. The number of rotatable bonds is 7. The molecular weight excluding hydrogens is 342 g/mol. The lowest BCUT2D eigenvalue weighted by Crippen LogP contribution is -2.46. The number of H-pyrrole nitrogens is 1. The number of hydrogen-bond acceptors (Lipinski definition) is 5. The summed E-state index contributed by atoms with van der Waals surface area (Å²) in [5, 5.41) is 3.27. The Hall–Kier alpha value is -1.38. The number of aromatic nitrogens is 1. The Kier molecular flexibility index (Phi) is 6.65. The molecule has 1 aromatic rings. The number of aromatic amines is 1. The van der Waals surface area contributed by atoms with Crippen LogP contribution in [-0.4, -0.2) is 56.0 Å². The molecule has 1 aliphatic heterocycles. The van der Waals surface area contributed by atoms with E-state index in [0.29, 0.717) is 17.8 Å². The van der Waals surface area contributed by atoms with Gasteiger partial charge in [0.25, 0.3) is 0 Å². The summed E-state index contributed by atoms with van der Waals surface area (Å²) in [5.41, 5.74) is 1.14. The fourth-order valence-electron chi connectivity index (χ4n) is 3.46. The zero-order valence-corrected chi connectivity index (χ0v) is 16.3. The van der Waals surface area contributed by atoms with Crippen LogP contribution < -0.4 is 5.32 Å². The zero-order chi connectivity index (χ0) is 18.6. The highest BCUT2D eigenvalue weighted by molar-refractivity contribution is 7.89. The quantitative estimate of drug-likeness (QED) is 0.715. The van der Waals surface area contributed by atoms with E-state index in [1.54, 1.807) is 25.1 Å². The minimum atomic E-state index is -3.69. The molecule has 0 saturated carbocycles. The predicted octanol–water partition coefficient (Wildman–Crippen LogP) is 1.96. The number of aryl methyl sites for hydroxylation is 1. The number of ether oxygens (including phenoxy) is 1. The normalized spacial score (nSPS) is 16.4. The number of nitrogens with one attached hydrogen (secondary N) is 2. The lowest BCUT2D eigenvalue weighted by molar-refractivity contribution is 0.0519. The number of carbonyl (C=O) groups is 1. The van der Waals surface area contributed by atoms with Crippen LogP contribution in [0.4, 0.5) is 0 Å². The molecule has 1 aliphatic rings. The molecule has 8 heteroatoms. The van der Waals surface area contributed by atoms with Crippen molar-refractivity contribution in [3.8, 4) is 0 Å². The number of esters is 1. The molecule has 0 aromatic carbocycles. The Labute approximate surface area is 150 Å². The van der Waals surface area contributed by atoms with Gasteiger partial charge in [-0.05, 0) is 53.1 Å². The van der Waals surface area contributed by atoms with Crippen molar-refractivity contribution >= 4 is 16.0 Å². The summed E-state index contributed by atoms with van der Waals surface area (Å²) in [4.78, 5) is 15.2. The summed E-state index contributed by atoms with van der Waals surface area (Å²) < 4.78 is 33.4. The first-order chi connectivity index (χ1) is 11.8. The molecule has 1 fully saturated rings. The smallest absolute Gasteiger partial charge is 0.355 e. The molecule has 0 unspecified atom stereocenters. The van der Waals surface area contributed by atoms with E-state index >= 15 is 0 Å². The fourth-order valence-corrected chi connectivity index (χ4v) is 5.65. The van der Waals surface area contributed by atoms with E-state index in [0.717, 1.165) is 32.4 Å². The van der Waals surface area contributed by atoms with E-state index in [1.165, 1.54) is 0 Å². The predicted molar refractivity (Wildman–Crippen MR) is 96.3 cm³/mol. The third-order valence-electron chi connectivity index (χ3n) is 4.57. The van der Waals surface area contributed by atoms with Crippen molar-refractivity contribution in [2.45, 2.75) is 57.9 Å². The highest BCUT2D eigenvalue weighted by Gasteiger charge is 2.36. The molecule has 0 aliphatic carbocycles. The molecule has 0 radical (unpaired) electrons. The Morgan fingerprint density at radius 2 is 1.88 bits per heavy atom. The fraction of sp³-hybridized carbons (Fsp3) is 0.706. The molecule has 1 saturated heterocycles. The van der Waals surface area contributed by atoms with Gasteiger partial charge in [0.2, 0.25) is 10.0 Å². The summed E-state index contributed by atoms with van der Waals surface area (Å²) in [7, 11) is -3.69. The molecule has 142 valence electrons. The molecule has 0 atom stereocenters. The number of piperidine rings is 1. The standard InChI is InChI=1S/C17H29N3O4S/c1-5-11-20(14-7-9-18-10-8-14)25(22,23)16-12(3)15(19-13(16)4)17(21)24-6-2/h14,18-19H,5-11H2,1-4H3. The van der Waals surface area contributed by atoms with Gasteiger partial charge in [-0.3, -0.25) is 0 Å². The molecular formula is C17H29N3O4S. The van der Waals surface area contributed by atoms with Gasteiger partial charge in [-0.2, -0.15) is 4.31 Å². The van der Waals surface area contributed by atoms with Crippen molar-refractivity contribution in [2.24, 2.45) is 0 Å². The maximum atomic E-state index is 13.4. The monoisotopic (exact) mass is 371 g/mol. The topological polar surface area (TPSA) is 91.5 Å². The van der Waals surface area contributed by atoms with Gasteiger partial charge in [0, 0.05) is 23.8 Å². The van der Waals surface area contributed by atoms with Crippen LogP contribution in [0, 0.1) is 13.8 Å². The van der Waals surface area contributed by atoms with Gasteiger partial charge in [-0.1, -0.05) is 6.92 Å². The van der Waals surface area contributed by atoms with Crippen LogP contribution in [0.1, 0.15) is 54.9 Å². The highest BCUT2D eigenvalue weighted by Crippen LogP contribution is 2.30. The van der Waals surface area contributed by atoms with Crippen LogP contribution in [0.25, 0.3) is 0 Å². The van der Waals surface area contributed by atoms with E-state index in [4.69, 9.17) is 4.74 Å². The lowest BCUT2D eigenvalue weighted by atomic mass is 10.1. The average Bonchev–Trinajstić information content (AvgIpc) is 2.88. The molecule has 0 amide bonds. The van der Waals surface area contributed by atoms with Crippen LogP contribution in [0.2, 0.25) is 0 Å². The number of nitrogens with zero attached hydrogens (tertiary/aromatic N) is 1. The number of carbonyl (C=O) groups excluding carboxylic acids is 1. The van der Waals surface area contributed by atoms with Crippen molar-refractivity contribution in [3.05, 3.63) is 17.0 Å². The van der Waals surface area contributed by atoms with Gasteiger partial charge in [0.05, 0.1) is 6.61 Å². The Balaban J connectivity index is 2.44. The molecule has 25 heavy (non-hydrogen) atoms. The molecule has 1 aromatic heterocycles. The minimum Gasteiger partial charge on any atom is -0.461 e. The average molecular weight is 372 g/mol. The van der Waals surface area contributed by atoms with E-state index < -0.39 is 16.0 Å².